The zero-order valence-electron chi connectivity index (χ0n) is 14.1. The summed E-state index contributed by atoms with van der Waals surface area (Å²) in [7, 11) is 0. The van der Waals surface area contributed by atoms with E-state index in [9.17, 15) is 14.0 Å². The Morgan fingerprint density at radius 1 is 1.38 bits per heavy atom. The Morgan fingerprint density at radius 2 is 2.12 bits per heavy atom. The minimum Gasteiger partial charge on any atom is -0.442 e. The molecule has 24 heavy (non-hydrogen) atoms. The standard InChI is InChI=1S/C16H26FN3O3S/c1-11(21)18-9-13-10-20(16(22)23-13)12-2-3-15(14(17)8-12)19-4-6-24-7-5-19/h12-15H,2-10H2,1H3,(H,18,21)/t12?,13-,14?,15?/m0/s1. The van der Waals surface area contributed by atoms with Crippen LogP contribution in [0, 0.1) is 0 Å². The van der Waals surface area contributed by atoms with Crippen molar-refractivity contribution in [1.82, 2.24) is 15.1 Å². The Labute approximate surface area is 146 Å². The lowest BCUT2D eigenvalue weighted by Gasteiger charge is -2.42. The average molecular weight is 359 g/mol. The number of amides is 2. The van der Waals surface area contributed by atoms with Gasteiger partial charge in [-0.2, -0.15) is 11.8 Å². The predicted molar refractivity (Wildman–Crippen MR) is 90.9 cm³/mol. The van der Waals surface area contributed by atoms with Gasteiger partial charge in [0.25, 0.3) is 0 Å². The first kappa shape index (κ1) is 17.8. The van der Waals surface area contributed by atoms with E-state index in [0.29, 0.717) is 19.5 Å². The van der Waals surface area contributed by atoms with Crippen LogP contribution in [0.5, 0.6) is 0 Å². The summed E-state index contributed by atoms with van der Waals surface area (Å²) in [5.41, 5.74) is 0. The molecule has 1 aliphatic carbocycles. The molecule has 6 nitrogen and oxygen atoms in total. The maximum atomic E-state index is 14.7. The van der Waals surface area contributed by atoms with Crippen molar-refractivity contribution >= 4 is 23.8 Å². The third-order valence-electron chi connectivity index (χ3n) is 5.15. The molecule has 1 saturated carbocycles. The van der Waals surface area contributed by atoms with Crippen LogP contribution in [0.25, 0.3) is 0 Å². The molecule has 2 heterocycles. The fraction of sp³-hybridized carbons (Fsp3) is 0.875. The molecule has 0 aromatic heterocycles. The first-order valence-electron chi connectivity index (χ1n) is 8.72. The van der Waals surface area contributed by atoms with E-state index in [0.717, 1.165) is 37.4 Å². The Hall–Kier alpha value is -1.02. The number of hydrogen-bond donors (Lipinski definition) is 1. The first-order valence-corrected chi connectivity index (χ1v) is 9.87. The summed E-state index contributed by atoms with van der Waals surface area (Å²) in [6.07, 6.45) is 0.379. The molecule has 0 aromatic rings. The number of hydrogen-bond acceptors (Lipinski definition) is 5. The van der Waals surface area contributed by atoms with Gasteiger partial charge in [-0.05, 0) is 12.8 Å². The van der Waals surface area contributed by atoms with Crippen molar-refractivity contribution < 1.29 is 18.7 Å². The van der Waals surface area contributed by atoms with Crippen LogP contribution in [0.4, 0.5) is 9.18 Å². The maximum Gasteiger partial charge on any atom is 0.410 e. The molecule has 3 fully saturated rings. The van der Waals surface area contributed by atoms with Crippen LogP contribution in [0.1, 0.15) is 26.2 Å². The molecule has 2 aliphatic heterocycles. The van der Waals surface area contributed by atoms with E-state index in [4.69, 9.17) is 4.74 Å². The zero-order valence-corrected chi connectivity index (χ0v) is 14.9. The molecule has 4 atom stereocenters. The molecule has 2 saturated heterocycles. The molecular formula is C16H26FN3O3S. The third kappa shape index (κ3) is 4.14. The molecule has 0 bridgehead atoms. The Kier molecular flexibility index (Phi) is 5.86. The molecule has 1 N–H and O–H groups in total. The SMILES string of the molecule is CC(=O)NC[C@H]1CN(C2CCC(N3CCSCC3)C(F)C2)C(=O)O1. The number of halogens is 1. The van der Waals surface area contributed by atoms with Gasteiger partial charge in [-0.3, -0.25) is 9.69 Å². The number of rotatable bonds is 4. The summed E-state index contributed by atoms with van der Waals surface area (Å²) in [6, 6.07) is -0.0961. The number of carbonyl (C=O) groups excluding carboxylic acids is 2. The van der Waals surface area contributed by atoms with Gasteiger partial charge in [-0.1, -0.05) is 0 Å². The van der Waals surface area contributed by atoms with Crippen LogP contribution in [-0.2, 0) is 9.53 Å². The van der Waals surface area contributed by atoms with Crippen LogP contribution >= 0.6 is 11.8 Å². The molecular weight excluding hydrogens is 333 g/mol. The number of nitrogens with one attached hydrogen (secondary N) is 1. The number of cyclic esters (lactones) is 1. The lowest BCUT2D eigenvalue weighted by molar-refractivity contribution is -0.119. The second-order valence-corrected chi connectivity index (χ2v) is 8.02. The molecule has 136 valence electrons. The quantitative estimate of drug-likeness (QED) is 0.819. The van der Waals surface area contributed by atoms with E-state index in [-0.39, 0.29) is 30.2 Å². The monoisotopic (exact) mass is 359 g/mol. The van der Waals surface area contributed by atoms with Gasteiger partial charge in [0.05, 0.1) is 13.1 Å². The minimum absolute atomic E-state index is 0.00375. The molecule has 0 spiro atoms. The van der Waals surface area contributed by atoms with E-state index in [1.807, 2.05) is 11.8 Å². The number of alkyl halides is 1. The average Bonchev–Trinajstić information content (AvgIpc) is 2.94. The van der Waals surface area contributed by atoms with Crippen molar-refractivity contribution in [3.8, 4) is 0 Å². The van der Waals surface area contributed by atoms with Crippen molar-refractivity contribution in [2.24, 2.45) is 0 Å². The highest BCUT2D eigenvalue weighted by Crippen LogP contribution is 2.32. The number of thioether (sulfide) groups is 1. The third-order valence-corrected chi connectivity index (χ3v) is 6.09. The van der Waals surface area contributed by atoms with Crippen molar-refractivity contribution in [1.29, 1.82) is 0 Å². The van der Waals surface area contributed by atoms with Gasteiger partial charge in [-0.15, -0.1) is 0 Å². The summed E-state index contributed by atoms with van der Waals surface area (Å²) in [4.78, 5) is 27.0. The normalized spacial score (nSPS) is 34.9. The highest BCUT2D eigenvalue weighted by molar-refractivity contribution is 7.99. The van der Waals surface area contributed by atoms with Gasteiger partial charge >= 0.3 is 6.09 Å². The number of ether oxygens (including phenoxy) is 1. The van der Waals surface area contributed by atoms with E-state index in [2.05, 4.69) is 10.2 Å². The van der Waals surface area contributed by atoms with Crippen molar-refractivity contribution in [2.75, 3.05) is 37.7 Å². The lowest BCUT2D eigenvalue weighted by atomic mass is 9.87. The van der Waals surface area contributed by atoms with Gasteiger partial charge in [0, 0.05) is 50.0 Å². The number of nitrogens with zero attached hydrogens (tertiary/aromatic N) is 2. The lowest BCUT2D eigenvalue weighted by Crippen LogP contribution is -2.52. The highest BCUT2D eigenvalue weighted by atomic mass is 32.2. The minimum atomic E-state index is -0.894. The molecule has 3 aliphatic rings. The zero-order chi connectivity index (χ0) is 17.1. The van der Waals surface area contributed by atoms with E-state index in [1.54, 1.807) is 4.90 Å². The predicted octanol–water partition coefficient (Wildman–Crippen LogP) is 1.25. The largest absolute Gasteiger partial charge is 0.442 e. The van der Waals surface area contributed by atoms with Gasteiger partial charge < -0.3 is 15.0 Å². The maximum absolute atomic E-state index is 14.7. The van der Waals surface area contributed by atoms with Crippen LogP contribution in [-0.4, -0.2) is 83.8 Å². The van der Waals surface area contributed by atoms with Crippen LogP contribution < -0.4 is 5.32 Å². The summed E-state index contributed by atoms with van der Waals surface area (Å²) in [6.45, 7) is 4.11. The van der Waals surface area contributed by atoms with Crippen molar-refractivity contribution in [3.05, 3.63) is 0 Å². The molecule has 0 radical (unpaired) electrons. The van der Waals surface area contributed by atoms with E-state index < -0.39 is 6.17 Å². The van der Waals surface area contributed by atoms with Crippen molar-refractivity contribution in [2.45, 2.75) is 50.5 Å². The van der Waals surface area contributed by atoms with Gasteiger partial charge in [0.2, 0.25) is 5.91 Å². The Morgan fingerprint density at radius 3 is 2.79 bits per heavy atom. The summed E-state index contributed by atoms with van der Waals surface area (Å²) >= 11 is 1.93. The summed E-state index contributed by atoms with van der Waals surface area (Å²) < 4.78 is 20.0. The Balaban J connectivity index is 1.51. The second-order valence-electron chi connectivity index (χ2n) is 6.79. The highest BCUT2D eigenvalue weighted by Gasteiger charge is 2.42. The first-order chi connectivity index (χ1) is 11.5. The summed E-state index contributed by atoms with van der Waals surface area (Å²) in [5, 5.41) is 2.66. The van der Waals surface area contributed by atoms with Gasteiger partial charge in [0.1, 0.15) is 12.3 Å². The Bertz CT molecular complexity index is 475. The van der Waals surface area contributed by atoms with Gasteiger partial charge in [-0.25, -0.2) is 9.18 Å². The summed E-state index contributed by atoms with van der Waals surface area (Å²) in [5.74, 6) is 2.01. The second kappa shape index (κ2) is 7.91. The molecule has 8 heteroatoms. The fourth-order valence-corrected chi connectivity index (χ4v) is 4.82. The van der Waals surface area contributed by atoms with Crippen LogP contribution in [0.2, 0.25) is 0 Å². The fourth-order valence-electron chi connectivity index (χ4n) is 3.89. The molecule has 0 aromatic carbocycles. The molecule has 2 amide bonds. The van der Waals surface area contributed by atoms with E-state index >= 15 is 0 Å². The smallest absolute Gasteiger partial charge is 0.410 e. The topological polar surface area (TPSA) is 61.9 Å². The van der Waals surface area contributed by atoms with Crippen LogP contribution in [0.15, 0.2) is 0 Å². The van der Waals surface area contributed by atoms with Crippen molar-refractivity contribution in [3.63, 3.8) is 0 Å². The molecule has 3 rings (SSSR count). The van der Waals surface area contributed by atoms with Crippen LogP contribution in [0.3, 0.4) is 0 Å². The van der Waals surface area contributed by atoms with Gasteiger partial charge in [0.15, 0.2) is 0 Å². The van der Waals surface area contributed by atoms with E-state index in [1.165, 1.54) is 6.92 Å². The number of carbonyl (C=O) groups is 2. The molecule has 3 unspecified atom stereocenters.